The molecule has 17 heavy (non-hydrogen) atoms. The molecule has 3 nitrogen and oxygen atoms in total. The first-order chi connectivity index (χ1) is 7.84. The number of halogens is 4. The molecule has 1 atom stereocenters. The second kappa shape index (κ2) is 5.25. The Hall–Kier alpha value is -1.45. The third-order valence-corrected chi connectivity index (χ3v) is 2.13. The standard InChI is InChI=1S/C10H7ClF3NO2/c11-7-3-6(4-15)1-2-8(7)17-5-9(16)10(12,13)14/h1-3,9,16H,5H2. The molecule has 0 heterocycles. The Labute approximate surface area is 100.0 Å². The van der Waals surface area contributed by atoms with Crippen molar-refractivity contribution in [2.24, 2.45) is 0 Å². The van der Waals surface area contributed by atoms with Crippen LogP contribution in [0.2, 0.25) is 5.02 Å². The fourth-order valence-electron chi connectivity index (χ4n) is 0.951. The van der Waals surface area contributed by atoms with Crippen molar-refractivity contribution in [3.05, 3.63) is 28.8 Å². The zero-order chi connectivity index (χ0) is 13.1. The highest BCUT2D eigenvalue weighted by Crippen LogP contribution is 2.27. The Bertz CT molecular complexity index is 442. The Morgan fingerprint density at radius 1 is 1.47 bits per heavy atom. The number of nitrogens with zero attached hydrogens (tertiary/aromatic N) is 1. The van der Waals surface area contributed by atoms with Gasteiger partial charge in [0.05, 0.1) is 16.7 Å². The third-order valence-electron chi connectivity index (χ3n) is 1.84. The van der Waals surface area contributed by atoms with E-state index in [4.69, 9.17) is 26.7 Å². The molecule has 0 saturated heterocycles. The monoisotopic (exact) mass is 265 g/mol. The van der Waals surface area contributed by atoms with Crippen LogP contribution in [0.1, 0.15) is 5.56 Å². The molecule has 7 heteroatoms. The minimum absolute atomic E-state index is 0.0124. The Morgan fingerprint density at radius 3 is 2.59 bits per heavy atom. The van der Waals surface area contributed by atoms with Gasteiger partial charge in [0.15, 0.2) is 6.10 Å². The van der Waals surface area contributed by atoms with Gasteiger partial charge in [-0.2, -0.15) is 18.4 Å². The van der Waals surface area contributed by atoms with E-state index in [1.54, 1.807) is 0 Å². The molecule has 0 amide bonds. The normalized spacial score (nSPS) is 12.9. The molecule has 92 valence electrons. The minimum Gasteiger partial charge on any atom is -0.489 e. The average Bonchev–Trinajstić information content (AvgIpc) is 2.25. The van der Waals surface area contributed by atoms with E-state index in [1.165, 1.54) is 18.2 Å². The van der Waals surface area contributed by atoms with E-state index < -0.39 is 18.9 Å². The van der Waals surface area contributed by atoms with Crippen LogP contribution < -0.4 is 4.74 Å². The minimum atomic E-state index is -4.74. The van der Waals surface area contributed by atoms with Gasteiger partial charge in [0.1, 0.15) is 12.4 Å². The van der Waals surface area contributed by atoms with E-state index in [-0.39, 0.29) is 16.3 Å². The molecule has 1 rings (SSSR count). The first-order valence-corrected chi connectivity index (χ1v) is 4.79. The smallest absolute Gasteiger partial charge is 0.417 e. The van der Waals surface area contributed by atoms with Crippen LogP contribution in [0.4, 0.5) is 13.2 Å². The van der Waals surface area contributed by atoms with Crippen LogP contribution in [-0.2, 0) is 0 Å². The number of benzene rings is 1. The molecule has 1 unspecified atom stereocenters. The van der Waals surface area contributed by atoms with Gasteiger partial charge in [-0.1, -0.05) is 11.6 Å². The second-order valence-electron chi connectivity index (χ2n) is 3.13. The molecule has 1 aromatic carbocycles. The van der Waals surface area contributed by atoms with Crippen molar-refractivity contribution in [2.45, 2.75) is 12.3 Å². The highest BCUT2D eigenvalue weighted by atomic mass is 35.5. The van der Waals surface area contributed by atoms with Crippen LogP contribution >= 0.6 is 11.6 Å². The Kier molecular flexibility index (Phi) is 4.21. The SMILES string of the molecule is N#Cc1ccc(OCC(O)C(F)(F)F)c(Cl)c1. The van der Waals surface area contributed by atoms with E-state index >= 15 is 0 Å². The van der Waals surface area contributed by atoms with Gasteiger partial charge in [-0.05, 0) is 18.2 Å². The van der Waals surface area contributed by atoms with Crippen molar-refractivity contribution in [1.29, 1.82) is 5.26 Å². The molecule has 0 fully saturated rings. The first-order valence-electron chi connectivity index (χ1n) is 4.42. The van der Waals surface area contributed by atoms with Crippen molar-refractivity contribution in [3.63, 3.8) is 0 Å². The van der Waals surface area contributed by atoms with Crippen molar-refractivity contribution >= 4 is 11.6 Å². The van der Waals surface area contributed by atoms with Gasteiger partial charge in [-0.3, -0.25) is 0 Å². The molecule has 1 aromatic rings. The lowest BCUT2D eigenvalue weighted by molar-refractivity contribution is -0.210. The lowest BCUT2D eigenvalue weighted by Crippen LogP contribution is -2.34. The van der Waals surface area contributed by atoms with Gasteiger partial charge in [-0.25, -0.2) is 0 Å². The van der Waals surface area contributed by atoms with E-state index in [9.17, 15) is 13.2 Å². The number of aliphatic hydroxyl groups is 1. The van der Waals surface area contributed by atoms with Crippen LogP contribution in [-0.4, -0.2) is 24.0 Å². The van der Waals surface area contributed by atoms with Crippen LogP contribution in [0.3, 0.4) is 0 Å². The summed E-state index contributed by atoms with van der Waals surface area (Å²) < 4.78 is 40.6. The number of aliphatic hydroxyl groups excluding tert-OH is 1. The van der Waals surface area contributed by atoms with Gasteiger partial charge in [-0.15, -0.1) is 0 Å². The fourth-order valence-corrected chi connectivity index (χ4v) is 1.19. The molecule has 0 aliphatic heterocycles. The van der Waals surface area contributed by atoms with Crippen molar-refractivity contribution in [1.82, 2.24) is 0 Å². The van der Waals surface area contributed by atoms with E-state index in [0.29, 0.717) is 0 Å². The maximum absolute atomic E-state index is 12.0. The van der Waals surface area contributed by atoms with E-state index in [1.807, 2.05) is 6.07 Å². The quantitative estimate of drug-likeness (QED) is 0.914. The lowest BCUT2D eigenvalue weighted by Gasteiger charge is -2.15. The topological polar surface area (TPSA) is 53.2 Å². The van der Waals surface area contributed by atoms with Gasteiger partial charge in [0, 0.05) is 0 Å². The fraction of sp³-hybridized carbons (Fsp3) is 0.300. The molecule has 0 aromatic heterocycles. The Morgan fingerprint density at radius 2 is 2.12 bits per heavy atom. The van der Waals surface area contributed by atoms with Gasteiger partial charge >= 0.3 is 6.18 Å². The Balaban J connectivity index is 2.68. The molecule has 0 saturated carbocycles. The first kappa shape index (κ1) is 13.6. The molecule has 0 spiro atoms. The van der Waals surface area contributed by atoms with Crippen LogP contribution in [0.25, 0.3) is 0 Å². The van der Waals surface area contributed by atoms with Gasteiger partial charge in [0.25, 0.3) is 0 Å². The lowest BCUT2D eigenvalue weighted by atomic mass is 10.2. The second-order valence-corrected chi connectivity index (χ2v) is 3.53. The number of hydrogen-bond donors (Lipinski definition) is 1. The zero-order valence-corrected chi connectivity index (χ0v) is 9.09. The molecule has 1 N–H and O–H groups in total. The largest absolute Gasteiger partial charge is 0.489 e. The molecular formula is C10H7ClF3NO2. The van der Waals surface area contributed by atoms with Crippen molar-refractivity contribution in [3.8, 4) is 11.8 Å². The predicted molar refractivity (Wildman–Crippen MR) is 53.7 cm³/mol. The van der Waals surface area contributed by atoms with Gasteiger partial charge < -0.3 is 9.84 Å². The summed E-state index contributed by atoms with van der Waals surface area (Å²) >= 11 is 5.67. The van der Waals surface area contributed by atoms with Gasteiger partial charge in [0.2, 0.25) is 0 Å². The van der Waals surface area contributed by atoms with E-state index in [2.05, 4.69) is 0 Å². The van der Waals surface area contributed by atoms with Crippen LogP contribution in [0, 0.1) is 11.3 Å². The van der Waals surface area contributed by atoms with Crippen molar-refractivity contribution in [2.75, 3.05) is 6.61 Å². The highest BCUT2D eigenvalue weighted by Gasteiger charge is 2.38. The summed E-state index contributed by atoms with van der Waals surface area (Å²) in [7, 11) is 0. The number of ether oxygens (including phenoxy) is 1. The number of alkyl halides is 3. The summed E-state index contributed by atoms with van der Waals surface area (Å²) in [5.74, 6) is -0.0195. The van der Waals surface area contributed by atoms with Crippen LogP contribution in [0.5, 0.6) is 5.75 Å². The summed E-state index contributed by atoms with van der Waals surface area (Å²) in [5.41, 5.74) is 0.263. The molecule has 0 aliphatic carbocycles. The summed E-state index contributed by atoms with van der Waals surface area (Å²) in [4.78, 5) is 0. The predicted octanol–water partition coefficient (Wildman–Crippen LogP) is 2.51. The summed E-state index contributed by atoms with van der Waals surface area (Å²) in [5, 5.41) is 17.2. The summed E-state index contributed by atoms with van der Waals surface area (Å²) in [6.45, 7) is -0.949. The molecule has 0 radical (unpaired) electrons. The average molecular weight is 266 g/mol. The van der Waals surface area contributed by atoms with Crippen molar-refractivity contribution < 1.29 is 23.0 Å². The van der Waals surface area contributed by atoms with E-state index in [0.717, 1.165) is 0 Å². The summed E-state index contributed by atoms with van der Waals surface area (Å²) in [6, 6.07) is 5.69. The maximum Gasteiger partial charge on any atom is 0.417 e. The maximum atomic E-state index is 12.0. The number of nitriles is 1. The third kappa shape index (κ3) is 3.80. The van der Waals surface area contributed by atoms with Crippen LogP contribution in [0.15, 0.2) is 18.2 Å². The zero-order valence-electron chi connectivity index (χ0n) is 8.33. The summed E-state index contributed by atoms with van der Waals surface area (Å²) in [6.07, 6.45) is -7.31. The molecule has 0 aliphatic rings. The molecular weight excluding hydrogens is 259 g/mol. The number of rotatable bonds is 3. The highest BCUT2D eigenvalue weighted by molar-refractivity contribution is 6.32. The molecule has 0 bridgehead atoms. The number of hydrogen-bond acceptors (Lipinski definition) is 3.